The Hall–Kier alpha value is -3.09. The Bertz CT molecular complexity index is 1400. The van der Waals surface area contributed by atoms with Gasteiger partial charge in [-0.15, -0.1) is 0 Å². The van der Waals surface area contributed by atoms with E-state index in [2.05, 4.69) is 19.1 Å². The molecule has 4 rings (SSSR count). The van der Waals surface area contributed by atoms with Crippen LogP contribution < -0.4 is 4.74 Å². The van der Waals surface area contributed by atoms with Crippen molar-refractivity contribution in [3.63, 3.8) is 0 Å². The van der Waals surface area contributed by atoms with Gasteiger partial charge in [0.25, 0.3) is 10.1 Å². The monoisotopic (exact) mass is 449 g/mol. The zero-order valence-electron chi connectivity index (χ0n) is 18.7. The van der Waals surface area contributed by atoms with Crippen LogP contribution in [0.5, 0.6) is 5.75 Å². The highest BCUT2D eigenvalue weighted by atomic mass is 32.2. The highest BCUT2D eigenvalue weighted by Crippen LogP contribution is 2.33. The SMILES string of the molecule is CCc1c(C)ccc(S(=O)(=O)O)c1-n1ccc2ccc(OC(C)c3cccc(C)c3)cc21. The Morgan fingerprint density at radius 1 is 1.03 bits per heavy atom. The lowest BCUT2D eigenvalue weighted by Crippen LogP contribution is -2.09. The van der Waals surface area contributed by atoms with Crippen molar-refractivity contribution in [2.24, 2.45) is 0 Å². The predicted octanol–water partition coefficient (Wildman–Crippen LogP) is 6.20. The summed E-state index contributed by atoms with van der Waals surface area (Å²) in [7, 11) is -4.40. The van der Waals surface area contributed by atoms with E-state index in [-0.39, 0.29) is 11.0 Å². The molecule has 0 aliphatic rings. The van der Waals surface area contributed by atoms with E-state index in [1.54, 1.807) is 6.07 Å². The Labute approximate surface area is 189 Å². The molecule has 5 nitrogen and oxygen atoms in total. The van der Waals surface area contributed by atoms with Crippen molar-refractivity contribution < 1.29 is 17.7 Å². The molecular formula is C26H27NO4S. The molecule has 1 unspecified atom stereocenters. The van der Waals surface area contributed by atoms with Gasteiger partial charge in [-0.2, -0.15) is 8.42 Å². The van der Waals surface area contributed by atoms with Crippen molar-refractivity contribution in [1.29, 1.82) is 0 Å². The lowest BCUT2D eigenvalue weighted by molar-refractivity contribution is 0.227. The van der Waals surface area contributed by atoms with E-state index < -0.39 is 10.1 Å². The third kappa shape index (κ3) is 4.16. The zero-order chi connectivity index (χ0) is 23.0. The maximum absolute atomic E-state index is 12.2. The number of aromatic nitrogens is 1. The molecule has 1 heterocycles. The normalized spacial score (nSPS) is 12.8. The van der Waals surface area contributed by atoms with Crippen LogP contribution in [0.1, 0.15) is 42.2 Å². The number of benzene rings is 3. The summed E-state index contributed by atoms with van der Waals surface area (Å²) in [5.74, 6) is 0.686. The van der Waals surface area contributed by atoms with Gasteiger partial charge in [-0.1, -0.05) is 42.8 Å². The third-order valence-electron chi connectivity index (χ3n) is 5.84. The number of aryl methyl sites for hydroxylation is 2. The number of ether oxygens (including phenoxy) is 1. The van der Waals surface area contributed by atoms with Crippen LogP contribution in [-0.4, -0.2) is 17.5 Å². The quantitative estimate of drug-likeness (QED) is 0.356. The van der Waals surface area contributed by atoms with Gasteiger partial charge < -0.3 is 9.30 Å². The summed E-state index contributed by atoms with van der Waals surface area (Å²) in [6, 6.07) is 19.1. The van der Waals surface area contributed by atoms with Gasteiger partial charge in [0.2, 0.25) is 0 Å². The molecule has 6 heteroatoms. The van der Waals surface area contributed by atoms with Crippen molar-refractivity contribution in [2.45, 2.75) is 45.1 Å². The molecule has 3 aromatic carbocycles. The Kier molecular flexibility index (Phi) is 5.84. The first-order chi connectivity index (χ1) is 15.2. The van der Waals surface area contributed by atoms with Crippen molar-refractivity contribution in [2.75, 3.05) is 0 Å². The first-order valence-electron chi connectivity index (χ1n) is 10.6. The summed E-state index contributed by atoms with van der Waals surface area (Å²) in [6.45, 7) is 7.97. The molecule has 1 aromatic heterocycles. The molecule has 0 amide bonds. The highest BCUT2D eigenvalue weighted by molar-refractivity contribution is 7.86. The fourth-order valence-corrected chi connectivity index (χ4v) is 4.91. The van der Waals surface area contributed by atoms with Crippen LogP contribution in [0.4, 0.5) is 0 Å². The first-order valence-corrected chi connectivity index (χ1v) is 12.1. The maximum atomic E-state index is 12.2. The van der Waals surface area contributed by atoms with Gasteiger partial charge in [0.05, 0.1) is 11.2 Å². The largest absolute Gasteiger partial charge is 0.486 e. The maximum Gasteiger partial charge on any atom is 0.296 e. The Morgan fingerprint density at radius 2 is 1.81 bits per heavy atom. The molecule has 4 aromatic rings. The van der Waals surface area contributed by atoms with Crippen LogP contribution >= 0.6 is 0 Å². The van der Waals surface area contributed by atoms with E-state index in [1.807, 2.05) is 67.9 Å². The average Bonchev–Trinajstić information content (AvgIpc) is 3.15. The molecule has 0 aliphatic heterocycles. The van der Waals surface area contributed by atoms with E-state index in [4.69, 9.17) is 4.74 Å². The van der Waals surface area contributed by atoms with Gasteiger partial charge in [-0.05, 0) is 68.1 Å². The minimum atomic E-state index is -4.40. The van der Waals surface area contributed by atoms with Crippen LogP contribution in [0.3, 0.4) is 0 Å². The summed E-state index contributed by atoms with van der Waals surface area (Å²) < 4.78 is 42.3. The molecule has 0 bridgehead atoms. The molecule has 0 radical (unpaired) electrons. The zero-order valence-corrected chi connectivity index (χ0v) is 19.5. The van der Waals surface area contributed by atoms with Crippen LogP contribution in [0.15, 0.2) is 71.8 Å². The summed E-state index contributed by atoms with van der Waals surface area (Å²) in [5.41, 5.74) is 5.39. The van der Waals surface area contributed by atoms with Gasteiger partial charge in [-0.25, -0.2) is 0 Å². The van der Waals surface area contributed by atoms with Crippen LogP contribution in [-0.2, 0) is 16.5 Å². The van der Waals surface area contributed by atoms with E-state index >= 15 is 0 Å². The topological polar surface area (TPSA) is 68.5 Å². The minimum absolute atomic E-state index is 0.100. The van der Waals surface area contributed by atoms with Gasteiger partial charge in [0.15, 0.2) is 0 Å². The summed E-state index contributed by atoms with van der Waals surface area (Å²) in [4.78, 5) is -0.100. The number of fused-ring (bicyclic) bond motifs is 1. The average molecular weight is 450 g/mol. The van der Waals surface area contributed by atoms with E-state index in [0.29, 0.717) is 17.9 Å². The first kappa shape index (κ1) is 22.1. The lowest BCUT2D eigenvalue weighted by atomic mass is 10.0. The molecule has 1 atom stereocenters. The minimum Gasteiger partial charge on any atom is -0.486 e. The fraction of sp³-hybridized carbons (Fsp3) is 0.231. The molecule has 0 saturated heterocycles. The molecule has 0 saturated carbocycles. The molecule has 166 valence electrons. The number of hydrogen-bond acceptors (Lipinski definition) is 3. The highest BCUT2D eigenvalue weighted by Gasteiger charge is 2.22. The predicted molar refractivity (Wildman–Crippen MR) is 127 cm³/mol. The van der Waals surface area contributed by atoms with Crippen LogP contribution in [0.25, 0.3) is 16.6 Å². The van der Waals surface area contributed by atoms with E-state index in [0.717, 1.165) is 27.6 Å². The van der Waals surface area contributed by atoms with Crippen molar-refractivity contribution in [1.82, 2.24) is 4.57 Å². The van der Waals surface area contributed by atoms with Crippen molar-refractivity contribution in [3.05, 3.63) is 89.1 Å². The van der Waals surface area contributed by atoms with E-state index in [9.17, 15) is 13.0 Å². The van der Waals surface area contributed by atoms with Crippen molar-refractivity contribution >= 4 is 21.0 Å². The third-order valence-corrected chi connectivity index (χ3v) is 6.73. The number of hydrogen-bond donors (Lipinski definition) is 1. The van der Waals surface area contributed by atoms with E-state index in [1.165, 1.54) is 11.6 Å². The Morgan fingerprint density at radius 3 is 2.50 bits per heavy atom. The summed E-state index contributed by atoms with van der Waals surface area (Å²) >= 11 is 0. The van der Waals surface area contributed by atoms with Gasteiger partial charge >= 0.3 is 0 Å². The Balaban J connectivity index is 1.84. The van der Waals surface area contributed by atoms with Crippen LogP contribution in [0, 0.1) is 13.8 Å². The van der Waals surface area contributed by atoms with Crippen molar-refractivity contribution in [3.8, 4) is 11.4 Å². The van der Waals surface area contributed by atoms with Gasteiger partial charge in [-0.3, -0.25) is 4.55 Å². The molecular weight excluding hydrogens is 422 g/mol. The summed E-state index contributed by atoms with van der Waals surface area (Å²) in [5, 5.41) is 0.949. The van der Waals surface area contributed by atoms with Gasteiger partial charge in [0, 0.05) is 17.6 Å². The summed E-state index contributed by atoms with van der Waals surface area (Å²) in [6.07, 6.45) is 2.32. The number of rotatable bonds is 6. The standard InChI is InChI=1S/C26H27NO4S/c1-5-23-18(3)9-12-25(32(28,29)30)26(23)27-14-13-20-10-11-22(16-24(20)27)31-19(4)21-8-6-7-17(2)15-21/h6-16,19H,5H2,1-4H3,(H,28,29,30). The lowest BCUT2D eigenvalue weighted by Gasteiger charge is -2.18. The molecule has 0 aliphatic carbocycles. The second-order valence-corrected chi connectivity index (χ2v) is 9.51. The smallest absolute Gasteiger partial charge is 0.296 e. The second-order valence-electron chi connectivity index (χ2n) is 8.12. The fourth-order valence-electron chi connectivity index (χ4n) is 4.21. The molecule has 0 fully saturated rings. The molecule has 1 N–H and O–H groups in total. The van der Waals surface area contributed by atoms with Crippen LogP contribution in [0.2, 0.25) is 0 Å². The number of nitrogens with zero attached hydrogens (tertiary/aromatic N) is 1. The van der Waals surface area contributed by atoms with Gasteiger partial charge in [0.1, 0.15) is 16.7 Å². The molecule has 0 spiro atoms. The molecule has 32 heavy (non-hydrogen) atoms. The second kappa shape index (κ2) is 8.45.